The lowest BCUT2D eigenvalue weighted by molar-refractivity contribution is 0.644. The summed E-state index contributed by atoms with van der Waals surface area (Å²) in [6.45, 7) is 30.8. The van der Waals surface area contributed by atoms with Crippen LogP contribution in [0.25, 0.3) is 0 Å². The van der Waals surface area contributed by atoms with Crippen LogP contribution in [0.1, 0.15) is 128 Å². The van der Waals surface area contributed by atoms with Crippen molar-refractivity contribution in [2.75, 3.05) is 22.9 Å². The summed E-state index contributed by atoms with van der Waals surface area (Å²) < 4.78 is 0. The first-order chi connectivity index (χ1) is 24.0. The van der Waals surface area contributed by atoms with Crippen molar-refractivity contribution in [1.29, 1.82) is 0 Å². The molecule has 2 aliphatic heterocycles. The van der Waals surface area contributed by atoms with Crippen molar-refractivity contribution in [1.82, 2.24) is 0 Å². The number of nitrogens with zero attached hydrogens (tertiary/aromatic N) is 2. The smallest absolute Gasteiger partial charge is 0.249 e. The Bertz CT molecular complexity index is 1760. The SMILES string of the molecule is CC.CC.CC.CC.Cc1c(N2CCCc3ccc(CC(C)C)cc32)c(=O)c1=O.Cc1c(N2CCc3ccc(CC(C)C)cc3C2)c(=O)c1=O. The maximum Gasteiger partial charge on any atom is 0.249 e. The van der Waals surface area contributed by atoms with Gasteiger partial charge < -0.3 is 9.80 Å². The average molecular weight is 687 g/mol. The van der Waals surface area contributed by atoms with Crippen LogP contribution in [0.4, 0.5) is 17.1 Å². The van der Waals surface area contributed by atoms with E-state index in [0.717, 1.165) is 57.4 Å². The summed E-state index contributed by atoms with van der Waals surface area (Å²) in [6.07, 6.45) is 5.12. The molecular formula is C44H66N2O4. The summed E-state index contributed by atoms with van der Waals surface area (Å²) in [7, 11) is 0. The van der Waals surface area contributed by atoms with E-state index < -0.39 is 0 Å². The lowest BCUT2D eigenvalue weighted by atomic mass is 9.93. The molecule has 0 spiro atoms. The lowest BCUT2D eigenvalue weighted by Crippen LogP contribution is -2.44. The van der Waals surface area contributed by atoms with Gasteiger partial charge in [-0.05, 0) is 91.7 Å². The van der Waals surface area contributed by atoms with Crippen LogP contribution in [0.2, 0.25) is 0 Å². The van der Waals surface area contributed by atoms with Gasteiger partial charge in [0.2, 0.25) is 21.7 Å². The number of hydrogen-bond acceptors (Lipinski definition) is 6. The Hall–Kier alpha value is -3.80. The minimum Gasteiger partial charge on any atom is -0.363 e. The molecule has 276 valence electrons. The summed E-state index contributed by atoms with van der Waals surface area (Å²) in [5, 5.41) is 0. The van der Waals surface area contributed by atoms with Crippen molar-refractivity contribution in [3.05, 3.63) is 116 Å². The van der Waals surface area contributed by atoms with Crippen molar-refractivity contribution >= 4 is 17.1 Å². The highest BCUT2D eigenvalue weighted by Gasteiger charge is 2.28. The van der Waals surface area contributed by atoms with E-state index in [4.69, 9.17) is 0 Å². The monoisotopic (exact) mass is 687 g/mol. The summed E-state index contributed by atoms with van der Waals surface area (Å²) in [5.41, 5.74) is 8.94. The number of benzene rings is 2. The predicted molar refractivity (Wildman–Crippen MR) is 218 cm³/mol. The van der Waals surface area contributed by atoms with Gasteiger partial charge in [0.15, 0.2) is 0 Å². The fourth-order valence-corrected chi connectivity index (χ4v) is 6.54. The van der Waals surface area contributed by atoms with E-state index in [-0.39, 0.29) is 21.7 Å². The second-order valence-corrected chi connectivity index (χ2v) is 13.0. The van der Waals surface area contributed by atoms with Gasteiger partial charge in [-0.2, -0.15) is 0 Å². The maximum atomic E-state index is 11.9. The number of hydrogen-bond donors (Lipinski definition) is 0. The predicted octanol–water partition coefficient (Wildman–Crippen LogP) is 9.33. The van der Waals surface area contributed by atoms with Crippen LogP contribution in [0.15, 0.2) is 55.6 Å². The molecule has 50 heavy (non-hydrogen) atoms. The van der Waals surface area contributed by atoms with E-state index in [1.54, 1.807) is 13.8 Å². The van der Waals surface area contributed by atoms with E-state index in [2.05, 4.69) is 73.9 Å². The van der Waals surface area contributed by atoms with Gasteiger partial charge in [0.1, 0.15) is 5.69 Å². The van der Waals surface area contributed by atoms with Crippen LogP contribution >= 0.6 is 0 Å². The van der Waals surface area contributed by atoms with Crippen molar-refractivity contribution in [3.63, 3.8) is 0 Å². The van der Waals surface area contributed by atoms with Gasteiger partial charge in [-0.25, -0.2) is 0 Å². The maximum absolute atomic E-state index is 11.9. The Kier molecular flexibility index (Phi) is 18.9. The van der Waals surface area contributed by atoms with Gasteiger partial charge in [0, 0.05) is 36.4 Å². The Morgan fingerprint density at radius 1 is 0.560 bits per heavy atom. The molecule has 0 fully saturated rings. The third-order valence-corrected chi connectivity index (χ3v) is 8.66. The molecule has 0 radical (unpaired) electrons. The van der Waals surface area contributed by atoms with Crippen LogP contribution in [0.5, 0.6) is 0 Å². The van der Waals surface area contributed by atoms with Gasteiger partial charge in [-0.15, -0.1) is 0 Å². The van der Waals surface area contributed by atoms with E-state index in [0.29, 0.717) is 34.3 Å². The van der Waals surface area contributed by atoms with Crippen LogP contribution in [-0.4, -0.2) is 13.1 Å². The highest BCUT2D eigenvalue weighted by atomic mass is 16.2. The van der Waals surface area contributed by atoms with Gasteiger partial charge in [-0.3, -0.25) is 19.2 Å². The number of anilines is 3. The number of aryl methyl sites for hydroxylation is 1. The highest BCUT2D eigenvalue weighted by Crippen LogP contribution is 2.34. The topological polar surface area (TPSA) is 74.8 Å². The van der Waals surface area contributed by atoms with Gasteiger partial charge in [0.05, 0.1) is 5.69 Å². The molecule has 6 rings (SSSR count). The molecule has 2 aliphatic rings. The molecule has 6 nitrogen and oxygen atoms in total. The fourth-order valence-electron chi connectivity index (χ4n) is 6.54. The lowest BCUT2D eigenvalue weighted by Gasteiger charge is -2.33. The van der Waals surface area contributed by atoms with Crippen molar-refractivity contribution in [3.8, 4) is 0 Å². The Morgan fingerprint density at radius 2 is 1.04 bits per heavy atom. The fraction of sp³-hybridized carbons (Fsp3) is 0.545. The molecule has 0 unspecified atom stereocenters. The van der Waals surface area contributed by atoms with Gasteiger partial charge in [-0.1, -0.05) is 113 Å². The first-order valence-corrected chi connectivity index (χ1v) is 19.3. The first-order valence-electron chi connectivity index (χ1n) is 19.3. The molecule has 4 aromatic rings. The van der Waals surface area contributed by atoms with E-state index >= 15 is 0 Å². The Labute approximate surface area is 303 Å². The molecule has 0 saturated carbocycles. The molecule has 0 amide bonds. The molecule has 0 N–H and O–H groups in total. The van der Waals surface area contributed by atoms with Crippen molar-refractivity contribution in [2.45, 2.75) is 136 Å². The van der Waals surface area contributed by atoms with Crippen LogP contribution in [0, 0.1) is 25.7 Å². The minimum atomic E-state index is -0.324. The zero-order valence-corrected chi connectivity index (χ0v) is 33.8. The number of fused-ring (bicyclic) bond motifs is 2. The molecule has 2 heterocycles. The van der Waals surface area contributed by atoms with E-state index in [9.17, 15) is 19.2 Å². The normalized spacial score (nSPS) is 12.9. The largest absolute Gasteiger partial charge is 0.363 e. The van der Waals surface area contributed by atoms with E-state index in [1.165, 1.54) is 27.8 Å². The average Bonchev–Trinajstić information content (AvgIpc) is 3.14. The molecule has 6 heteroatoms. The van der Waals surface area contributed by atoms with Gasteiger partial charge in [0.25, 0.3) is 0 Å². The zero-order chi connectivity index (χ0) is 38.3. The van der Waals surface area contributed by atoms with Crippen molar-refractivity contribution in [2.24, 2.45) is 11.8 Å². The molecule has 4 aromatic carbocycles. The zero-order valence-electron chi connectivity index (χ0n) is 33.8. The van der Waals surface area contributed by atoms with Crippen molar-refractivity contribution < 1.29 is 0 Å². The first kappa shape index (κ1) is 44.2. The summed E-state index contributed by atoms with van der Waals surface area (Å²) in [5.74, 6) is 1.24. The molecule has 0 aromatic heterocycles. The second-order valence-electron chi connectivity index (χ2n) is 13.0. The Balaban J connectivity index is 0.000000417. The summed E-state index contributed by atoms with van der Waals surface area (Å²) in [6, 6.07) is 13.3. The van der Waals surface area contributed by atoms with Gasteiger partial charge >= 0.3 is 0 Å². The van der Waals surface area contributed by atoms with Crippen LogP contribution in [-0.2, 0) is 32.2 Å². The minimum absolute atomic E-state index is 0.311. The second kappa shape index (κ2) is 21.4. The third-order valence-electron chi connectivity index (χ3n) is 8.66. The van der Waals surface area contributed by atoms with E-state index in [1.807, 2.05) is 55.4 Å². The highest BCUT2D eigenvalue weighted by molar-refractivity contribution is 5.72. The molecular weight excluding hydrogens is 620 g/mol. The molecule has 0 bridgehead atoms. The van der Waals surface area contributed by atoms with Crippen LogP contribution in [0.3, 0.4) is 0 Å². The Morgan fingerprint density at radius 3 is 1.54 bits per heavy atom. The third kappa shape index (κ3) is 10.4. The van der Waals surface area contributed by atoms with Crippen LogP contribution < -0.4 is 31.5 Å². The molecule has 0 saturated heterocycles. The standard InChI is InChI=1S/2C18H21NO2.4C2H6/c1-11(2)8-13-4-5-14-6-7-19(10-15(14)9-13)16-12(3)17(20)18(16)21;1-11(2)9-13-6-7-14-5-4-8-19(15(14)10-13)16-12(3)17(20)18(16)21;4*1-2/h4-5,9,11H,6-8,10H2,1-3H3;6-7,10-11H,4-5,8-9H2,1-3H3;4*1-2H3. The molecule has 0 aliphatic carbocycles. The quantitative estimate of drug-likeness (QED) is 0.188. The number of rotatable bonds is 6. The molecule has 0 atom stereocenters. The summed E-state index contributed by atoms with van der Waals surface area (Å²) >= 11 is 0. The summed E-state index contributed by atoms with van der Waals surface area (Å²) in [4.78, 5) is 50.7.